The number of nitrogens with one attached hydrogen (secondary N) is 2. The van der Waals surface area contributed by atoms with Crippen LogP contribution in [0.15, 0.2) is 84.9 Å². The molecule has 0 aliphatic rings. The van der Waals surface area contributed by atoms with Gasteiger partial charge in [0.1, 0.15) is 6.61 Å². The molecular formula is C27H29N3O4. The van der Waals surface area contributed by atoms with E-state index in [9.17, 15) is 14.4 Å². The monoisotopic (exact) mass is 459 g/mol. The molecule has 7 heteroatoms. The maximum atomic E-state index is 12.5. The predicted molar refractivity (Wildman–Crippen MR) is 130 cm³/mol. The van der Waals surface area contributed by atoms with Crippen LogP contribution in [0.5, 0.6) is 0 Å². The Balaban J connectivity index is 1.65. The fraction of sp³-hybridized carbons (Fsp3) is 0.222. The lowest BCUT2D eigenvalue weighted by atomic mass is 9.95. The van der Waals surface area contributed by atoms with Crippen molar-refractivity contribution < 1.29 is 19.1 Å². The number of carbonyl (C=O) groups is 3. The van der Waals surface area contributed by atoms with E-state index in [1.807, 2.05) is 90.4 Å². The molecule has 0 aliphatic carbocycles. The second-order valence-corrected chi connectivity index (χ2v) is 8.14. The Hall–Kier alpha value is -3.97. The molecule has 176 valence electrons. The van der Waals surface area contributed by atoms with Gasteiger partial charge in [0, 0.05) is 6.04 Å². The highest BCUT2D eigenvalue weighted by atomic mass is 16.5. The number of hydrogen-bond acceptors (Lipinski definition) is 5. The molecule has 0 radical (unpaired) electrons. The molecule has 3 aromatic carbocycles. The number of ether oxygens (including phenoxy) is 1. The average Bonchev–Trinajstić information content (AvgIpc) is 2.88. The van der Waals surface area contributed by atoms with Crippen LogP contribution in [0, 0.1) is 5.92 Å². The topological polar surface area (TPSA) is 111 Å². The summed E-state index contributed by atoms with van der Waals surface area (Å²) >= 11 is 0. The van der Waals surface area contributed by atoms with Crippen LogP contribution in [0.2, 0.25) is 0 Å². The summed E-state index contributed by atoms with van der Waals surface area (Å²) in [6.07, 6.45) is 0.743. The molecule has 0 saturated heterocycles. The van der Waals surface area contributed by atoms with Crippen LogP contribution in [0.3, 0.4) is 0 Å². The number of esters is 1. The molecule has 3 aromatic rings. The minimum Gasteiger partial charge on any atom is -0.461 e. The lowest BCUT2D eigenvalue weighted by Crippen LogP contribution is -2.48. The van der Waals surface area contributed by atoms with Crippen molar-refractivity contribution in [2.75, 3.05) is 0 Å². The first-order chi connectivity index (χ1) is 16.5. The Morgan fingerprint density at radius 2 is 1.38 bits per heavy atom. The number of nitrogens with two attached hydrogens (primary N) is 1. The Labute approximate surface area is 199 Å². The van der Waals surface area contributed by atoms with Gasteiger partial charge in [-0.1, -0.05) is 91.9 Å². The summed E-state index contributed by atoms with van der Waals surface area (Å²) in [5.41, 5.74) is 5.87. The van der Waals surface area contributed by atoms with Gasteiger partial charge < -0.3 is 10.1 Å². The Bertz CT molecular complexity index is 1090. The van der Waals surface area contributed by atoms with Crippen LogP contribution in [-0.2, 0) is 32.1 Å². The third-order valence-corrected chi connectivity index (χ3v) is 5.48. The standard InChI is InChI=1S/C27H29N3O4/c1-19(27(33)34-18-21-8-4-2-5-9-21)16-24(29-25(31)26(32)30-28)17-20-12-14-23(15-13-20)22-10-6-3-7-11-22/h2-15,19,24H,16-18,28H2,1H3,(H,29,31)(H,30,32)/t19-,24+/m1/s1. The van der Waals surface area contributed by atoms with Crippen LogP contribution in [0.4, 0.5) is 0 Å². The van der Waals surface area contributed by atoms with E-state index < -0.39 is 23.8 Å². The summed E-state index contributed by atoms with van der Waals surface area (Å²) in [5, 5.41) is 2.68. The van der Waals surface area contributed by atoms with E-state index in [0.717, 1.165) is 22.3 Å². The van der Waals surface area contributed by atoms with Crippen LogP contribution >= 0.6 is 0 Å². The first kappa shape index (κ1) is 24.7. The summed E-state index contributed by atoms with van der Waals surface area (Å²) in [6.45, 7) is 1.92. The normalized spacial score (nSPS) is 12.3. The Morgan fingerprint density at radius 1 is 0.794 bits per heavy atom. The maximum absolute atomic E-state index is 12.5. The number of amides is 2. The zero-order valence-corrected chi connectivity index (χ0v) is 19.1. The van der Waals surface area contributed by atoms with Gasteiger partial charge in [-0.2, -0.15) is 0 Å². The molecule has 0 fully saturated rings. The molecule has 4 N–H and O–H groups in total. The molecule has 7 nitrogen and oxygen atoms in total. The molecular weight excluding hydrogens is 430 g/mol. The van der Waals surface area contributed by atoms with Gasteiger partial charge in [-0.15, -0.1) is 0 Å². The average molecular weight is 460 g/mol. The zero-order valence-electron chi connectivity index (χ0n) is 19.1. The van der Waals surface area contributed by atoms with Gasteiger partial charge >= 0.3 is 17.8 Å². The van der Waals surface area contributed by atoms with E-state index in [-0.39, 0.29) is 12.6 Å². The third-order valence-electron chi connectivity index (χ3n) is 5.48. The van der Waals surface area contributed by atoms with E-state index in [1.165, 1.54) is 0 Å². The van der Waals surface area contributed by atoms with E-state index in [1.54, 1.807) is 6.92 Å². The van der Waals surface area contributed by atoms with Crippen molar-refractivity contribution >= 4 is 17.8 Å². The van der Waals surface area contributed by atoms with E-state index >= 15 is 0 Å². The van der Waals surface area contributed by atoms with Crippen LogP contribution in [0.1, 0.15) is 24.5 Å². The van der Waals surface area contributed by atoms with Gasteiger partial charge in [-0.3, -0.25) is 19.8 Å². The van der Waals surface area contributed by atoms with Crippen molar-refractivity contribution in [2.45, 2.75) is 32.4 Å². The van der Waals surface area contributed by atoms with Crippen molar-refractivity contribution in [3.63, 3.8) is 0 Å². The highest BCUT2D eigenvalue weighted by Crippen LogP contribution is 2.21. The molecule has 0 spiro atoms. The maximum Gasteiger partial charge on any atom is 0.323 e. The highest BCUT2D eigenvalue weighted by Gasteiger charge is 2.24. The van der Waals surface area contributed by atoms with Crippen molar-refractivity contribution in [1.82, 2.24) is 10.7 Å². The lowest BCUT2D eigenvalue weighted by Gasteiger charge is -2.22. The number of hydrazine groups is 1. The van der Waals surface area contributed by atoms with E-state index in [0.29, 0.717) is 12.8 Å². The first-order valence-electron chi connectivity index (χ1n) is 11.1. The summed E-state index contributed by atoms with van der Waals surface area (Å²) in [6, 6.07) is 26.9. The quantitative estimate of drug-likeness (QED) is 0.150. The zero-order chi connectivity index (χ0) is 24.3. The van der Waals surface area contributed by atoms with Crippen molar-refractivity contribution in [2.24, 2.45) is 11.8 Å². The van der Waals surface area contributed by atoms with Crippen LogP contribution in [0.25, 0.3) is 11.1 Å². The smallest absolute Gasteiger partial charge is 0.323 e. The van der Waals surface area contributed by atoms with E-state index in [4.69, 9.17) is 10.6 Å². The minimum atomic E-state index is -0.941. The SMILES string of the molecule is C[C@H](C[C@@H](Cc1ccc(-c2ccccc2)cc1)NC(=O)C(=O)NN)C(=O)OCc1ccccc1. The van der Waals surface area contributed by atoms with Crippen molar-refractivity contribution in [3.8, 4) is 11.1 Å². The molecule has 0 aromatic heterocycles. The Morgan fingerprint density at radius 3 is 2.00 bits per heavy atom. The fourth-order valence-corrected chi connectivity index (χ4v) is 3.65. The molecule has 3 rings (SSSR count). The molecule has 2 atom stereocenters. The van der Waals surface area contributed by atoms with Gasteiger partial charge in [0.25, 0.3) is 0 Å². The highest BCUT2D eigenvalue weighted by molar-refractivity contribution is 6.34. The van der Waals surface area contributed by atoms with Crippen LogP contribution < -0.4 is 16.6 Å². The summed E-state index contributed by atoms with van der Waals surface area (Å²) in [7, 11) is 0. The first-order valence-corrected chi connectivity index (χ1v) is 11.1. The van der Waals surface area contributed by atoms with Gasteiger partial charge in [0.2, 0.25) is 0 Å². The molecule has 0 aliphatic heterocycles. The predicted octanol–water partition coefficient (Wildman–Crippen LogP) is 3.14. The molecule has 0 saturated carbocycles. The number of hydrogen-bond donors (Lipinski definition) is 3. The van der Waals surface area contributed by atoms with Gasteiger partial charge in [-0.25, -0.2) is 5.84 Å². The minimum absolute atomic E-state index is 0.178. The fourth-order valence-electron chi connectivity index (χ4n) is 3.65. The second kappa shape index (κ2) is 12.3. The number of benzene rings is 3. The molecule has 0 bridgehead atoms. The molecule has 2 amide bonds. The number of rotatable bonds is 9. The second-order valence-electron chi connectivity index (χ2n) is 8.14. The third kappa shape index (κ3) is 7.28. The molecule has 34 heavy (non-hydrogen) atoms. The lowest BCUT2D eigenvalue weighted by molar-refractivity contribution is -0.150. The van der Waals surface area contributed by atoms with Crippen LogP contribution in [-0.4, -0.2) is 23.8 Å². The molecule has 0 heterocycles. The van der Waals surface area contributed by atoms with Gasteiger partial charge in [0.15, 0.2) is 0 Å². The Kier molecular flexibility index (Phi) is 8.94. The summed E-state index contributed by atoms with van der Waals surface area (Å²) in [4.78, 5) is 36.3. The summed E-state index contributed by atoms with van der Waals surface area (Å²) in [5.74, 6) is 2.44. The largest absolute Gasteiger partial charge is 0.461 e. The summed E-state index contributed by atoms with van der Waals surface area (Å²) < 4.78 is 5.43. The van der Waals surface area contributed by atoms with Crippen molar-refractivity contribution in [1.29, 1.82) is 0 Å². The number of carbonyl (C=O) groups excluding carboxylic acids is 3. The van der Waals surface area contributed by atoms with Crippen molar-refractivity contribution in [3.05, 3.63) is 96.1 Å². The van der Waals surface area contributed by atoms with Gasteiger partial charge in [-0.05, 0) is 35.1 Å². The van der Waals surface area contributed by atoms with E-state index in [2.05, 4.69) is 5.32 Å². The van der Waals surface area contributed by atoms with Gasteiger partial charge in [0.05, 0.1) is 5.92 Å². The molecule has 0 unspecified atom stereocenters.